The van der Waals surface area contributed by atoms with Crippen molar-refractivity contribution < 1.29 is 43.2 Å². The number of alkyl halides is 3. The van der Waals surface area contributed by atoms with Gasteiger partial charge in [0.1, 0.15) is 0 Å². The molecule has 1 N–H and O–H groups in total. The van der Waals surface area contributed by atoms with E-state index in [1.807, 2.05) is 96.1 Å². The first-order chi connectivity index (χ1) is 21.9. The molecular formula is C39H41F3IrNO2S-. The van der Waals surface area contributed by atoms with E-state index in [-0.39, 0.29) is 48.9 Å². The number of aromatic nitrogens is 1. The van der Waals surface area contributed by atoms with Gasteiger partial charge in [-0.05, 0) is 42.9 Å². The van der Waals surface area contributed by atoms with Gasteiger partial charge < -0.3 is 10.1 Å². The van der Waals surface area contributed by atoms with Crippen LogP contribution in [0, 0.1) is 31.7 Å². The van der Waals surface area contributed by atoms with E-state index in [1.54, 1.807) is 6.07 Å². The number of fused-ring (bicyclic) bond motifs is 3. The van der Waals surface area contributed by atoms with Crippen LogP contribution in [0.1, 0.15) is 70.1 Å². The molecule has 0 aliphatic rings. The number of carbonyl (C=O) groups excluding carboxylic acids is 1. The number of hydrogen-bond acceptors (Lipinski definition) is 4. The number of halogens is 3. The number of benzene rings is 3. The zero-order chi connectivity index (χ0) is 33.6. The number of thiophene rings is 1. The number of aliphatic hydroxyl groups excluding tert-OH is 1. The number of carbonyl (C=O) groups is 1. The van der Waals surface area contributed by atoms with Crippen molar-refractivity contribution >= 4 is 37.3 Å². The molecule has 0 saturated carbocycles. The molecule has 0 saturated heterocycles. The molecule has 47 heavy (non-hydrogen) atoms. The van der Waals surface area contributed by atoms with E-state index in [2.05, 4.69) is 11.1 Å². The quantitative estimate of drug-likeness (QED) is 0.0914. The van der Waals surface area contributed by atoms with E-state index in [9.17, 15) is 23.1 Å². The summed E-state index contributed by atoms with van der Waals surface area (Å²) >= 11 is 1.35. The molecule has 0 amide bonds. The van der Waals surface area contributed by atoms with Crippen LogP contribution in [0.3, 0.4) is 0 Å². The van der Waals surface area contributed by atoms with Gasteiger partial charge in [-0.15, -0.1) is 46.2 Å². The Morgan fingerprint density at radius 2 is 1.55 bits per heavy atom. The van der Waals surface area contributed by atoms with E-state index in [4.69, 9.17) is 0 Å². The molecule has 8 heteroatoms. The van der Waals surface area contributed by atoms with Crippen LogP contribution in [0.5, 0.6) is 0 Å². The van der Waals surface area contributed by atoms with Crippen LogP contribution < -0.4 is 0 Å². The maximum absolute atomic E-state index is 13.9. The summed E-state index contributed by atoms with van der Waals surface area (Å²) in [6, 6.07) is 22.6. The number of aliphatic hydroxyl groups is 1. The Hall–Kier alpha value is -3.32. The minimum atomic E-state index is -4.48. The monoisotopic (exact) mass is 837 g/mol. The van der Waals surface area contributed by atoms with Gasteiger partial charge >= 0.3 is 6.18 Å². The molecule has 1 radical (unpaired) electrons. The van der Waals surface area contributed by atoms with Crippen molar-refractivity contribution in [3.8, 4) is 22.4 Å². The number of allylic oxidation sites excluding steroid dienone is 2. The summed E-state index contributed by atoms with van der Waals surface area (Å²) in [6.45, 7) is 12.0. The van der Waals surface area contributed by atoms with Gasteiger partial charge in [0.05, 0.1) is 11.3 Å². The van der Waals surface area contributed by atoms with Crippen LogP contribution in [0.2, 0.25) is 0 Å². The van der Waals surface area contributed by atoms with Gasteiger partial charge in [-0.1, -0.05) is 84.0 Å². The second kappa shape index (κ2) is 16.7. The fraction of sp³-hybridized carbons (Fsp3) is 0.333. The van der Waals surface area contributed by atoms with Gasteiger partial charge in [-0.3, -0.25) is 4.79 Å². The van der Waals surface area contributed by atoms with Crippen LogP contribution in [-0.4, -0.2) is 15.9 Å². The number of aryl methyl sites for hydroxylation is 2. The molecule has 0 bridgehead atoms. The molecule has 0 spiro atoms. The maximum atomic E-state index is 13.9. The second-order valence-corrected chi connectivity index (χ2v) is 12.7. The average Bonchev–Trinajstić information content (AvgIpc) is 3.40. The smallest absolute Gasteiger partial charge is 0.418 e. The Labute approximate surface area is 293 Å². The molecule has 0 atom stereocenters. The first-order valence-corrected chi connectivity index (χ1v) is 16.7. The van der Waals surface area contributed by atoms with Crippen LogP contribution in [0.25, 0.3) is 42.6 Å². The third-order valence-corrected chi connectivity index (χ3v) is 9.55. The maximum Gasteiger partial charge on any atom is 0.418 e. The van der Waals surface area contributed by atoms with E-state index in [0.29, 0.717) is 21.3 Å². The second-order valence-electron chi connectivity index (χ2n) is 11.7. The van der Waals surface area contributed by atoms with Gasteiger partial charge in [0.2, 0.25) is 0 Å². The van der Waals surface area contributed by atoms with Gasteiger partial charge in [-0.2, -0.15) is 13.2 Å². The zero-order valence-electron chi connectivity index (χ0n) is 27.6. The summed E-state index contributed by atoms with van der Waals surface area (Å²) < 4.78 is 43.0. The fourth-order valence-corrected chi connectivity index (χ4v) is 7.07. The fourth-order valence-electron chi connectivity index (χ4n) is 5.80. The minimum absolute atomic E-state index is 0. The van der Waals surface area contributed by atoms with Crippen LogP contribution in [-0.2, 0) is 31.1 Å². The molecule has 0 aliphatic heterocycles. The SMILES string of the molecule is CCC(CC)C(=O)/C=C(\O)C(CC)CC.Cc1[c-]c(-c2ncc(C(F)(F)F)c3c2sc2cc(-c4ccccc4)ccc23)cc(C)c1.[Ir]. The van der Waals surface area contributed by atoms with Gasteiger partial charge in [0.25, 0.3) is 0 Å². The van der Waals surface area contributed by atoms with Gasteiger partial charge in [-0.25, -0.2) is 0 Å². The van der Waals surface area contributed by atoms with Crippen molar-refractivity contribution in [1.82, 2.24) is 4.98 Å². The Balaban J connectivity index is 0.000000322. The van der Waals surface area contributed by atoms with E-state index < -0.39 is 11.7 Å². The predicted octanol–water partition coefficient (Wildman–Crippen LogP) is 12.1. The summed E-state index contributed by atoms with van der Waals surface area (Å²) in [5.74, 6) is 0.547. The molecule has 0 fully saturated rings. The third kappa shape index (κ3) is 8.98. The van der Waals surface area contributed by atoms with Crippen molar-refractivity contribution in [3.05, 3.63) is 101 Å². The van der Waals surface area contributed by atoms with Crippen LogP contribution in [0.4, 0.5) is 13.2 Å². The summed E-state index contributed by atoms with van der Waals surface area (Å²) in [6.07, 6.45) is 1.38. The van der Waals surface area contributed by atoms with Crippen molar-refractivity contribution in [2.45, 2.75) is 73.4 Å². The predicted molar refractivity (Wildman–Crippen MR) is 185 cm³/mol. The van der Waals surface area contributed by atoms with E-state index in [1.165, 1.54) is 17.4 Å². The topological polar surface area (TPSA) is 50.2 Å². The van der Waals surface area contributed by atoms with Crippen LogP contribution >= 0.6 is 11.3 Å². The molecule has 2 aromatic heterocycles. The third-order valence-electron chi connectivity index (χ3n) is 8.39. The molecule has 5 rings (SSSR count). The van der Waals surface area contributed by atoms with E-state index in [0.717, 1.165) is 58.8 Å². The van der Waals surface area contributed by atoms with Crippen molar-refractivity contribution in [2.75, 3.05) is 0 Å². The number of ketones is 1. The average molecular weight is 837 g/mol. The van der Waals surface area contributed by atoms with Gasteiger partial charge in [0, 0.05) is 70.1 Å². The molecule has 5 aromatic rings. The Bertz CT molecular complexity index is 1820. The summed E-state index contributed by atoms with van der Waals surface area (Å²) in [4.78, 5) is 16.0. The summed E-state index contributed by atoms with van der Waals surface area (Å²) in [7, 11) is 0. The molecule has 2 heterocycles. The molecular weight excluding hydrogens is 796 g/mol. The summed E-state index contributed by atoms with van der Waals surface area (Å²) in [5.41, 5.74) is 4.50. The van der Waals surface area contributed by atoms with Crippen molar-refractivity contribution in [2.24, 2.45) is 11.8 Å². The molecule has 3 aromatic carbocycles. The molecule has 0 aliphatic carbocycles. The summed E-state index contributed by atoms with van der Waals surface area (Å²) in [5, 5.41) is 10.6. The van der Waals surface area contributed by atoms with E-state index >= 15 is 0 Å². The molecule has 0 unspecified atom stereocenters. The number of nitrogens with zero attached hydrogens (tertiary/aromatic N) is 1. The van der Waals surface area contributed by atoms with Crippen LogP contribution in [0.15, 0.2) is 78.7 Å². The minimum Gasteiger partial charge on any atom is -0.512 e. The largest absolute Gasteiger partial charge is 0.512 e. The number of hydrogen-bond donors (Lipinski definition) is 1. The van der Waals surface area contributed by atoms with Crippen molar-refractivity contribution in [1.29, 1.82) is 0 Å². The zero-order valence-corrected chi connectivity index (χ0v) is 30.8. The Morgan fingerprint density at radius 3 is 2.13 bits per heavy atom. The molecule has 3 nitrogen and oxygen atoms in total. The number of pyridine rings is 1. The molecule has 251 valence electrons. The van der Waals surface area contributed by atoms with Gasteiger partial charge in [0.15, 0.2) is 5.78 Å². The van der Waals surface area contributed by atoms with Crippen molar-refractivity contribution in [3.63, 3.8) is 0 Å². The first-order valence-electron chi connectivity index (χ1n) is 15.8. The normalized spacial score (nSPS) is 11.9. The standard InChI is InChI=1S/C26H17F3NS.C13H24O2.Ir/c1-15-10-16(2)12-19(11-15)24-25-23(21(14-30-24)26(27,28)29)20-9-8-18(13-22(20)31-25)17-6-4-3-5-7-17;1-5-10(6-2)12(14)9-13(15)11(7-3)8-4;/h3-11,13-14H,1-2H3;9-11,14H,5-8H2,1-4H3;/q-1;;/b;12-9-;. The Morgan fingerprint density at radius 1 is 0.915 bits per heavy atom. The number of rotatable bonds is 9. The first kappa shape index (κ1) is 38.1. The Kier molecular flexibility index (Phi) is 13.5.